The Morgan fingerprint density at radius 2 is 2.00 bits per heavy atom. The largest absolute Gasteiger partial charge is 0.481 e. The van der Waals surface area contributed by atoms with E-state index in [0.29, 0.717) is 34.4 Å². The second kappa shape index (κ2) is 7.58. The van der Waals surface area contributed by atoms with Crippen molar-refractivity contribution in [2.45, 2.75) is 6.42 Å². The SMILES string of the molecule is CN(CCC(=O)O)C1=Nc2ccc(Cl)cc2C(c2ccccc2)=[N+](O)C1. The second-order valence-electron chi connectivity index (χ2n) is 6.03. The molecule has 0 saturated carbocycles. The standard InChI is InChI=1S/C19H18ClN3O3/c1-22(10-9-18(24)25)17-12-23(26)19(13-5-3-2-4-6-13)15-11-14(20)7-8-16(15)21-17/h2-8,11H,9-10,12H2,1H3,(H-,24,25,26)/p+1. The fourth-order valence-electron chi connectivity index (χ4n) is 2.82. The minimum Gasteiger partial charge on any atom is -0.481 e. The first kappa shape index (κ1) is 17.9. The van der Waals surface area contributed by atoms with E-state index in [1.165, 1.54) is 0 Å². The van der Waals surface area contributed by atoms with Gasteiger partial charge in [0.05, 0.1) is 23.2 Å². The fourth-order valence-corrected chi connectivity index (χ4v) is 2.99. The van der Waals surface area contributed by atoms with Crippen LogP contribution in [0.2, 0.25) is 5.02 Å². The maximum absolute atomic E-state index is 10.8. The molecule has 1 aliphatic heterocycles. The van der Waals surface area contributed by atoms with Crippen LogP contribution in [0.15, 0.2) is 53.5 Å². The summed E-state index contributed by atoms with van der Waals surface area (Å²) in [6, 6.07) is 14.8. The molecule has 0 bridgehead atoms. The molecule has 3 rings (SSSR count). The molecule has 134 valence electrons. The van der Waals surface area contributed by atoms with Gasteiger partial charge in [0, 0.05) is 18.6 Å². The molecular formula is C19H19ClN3O3+. The first-order chi connectivity index (χ1) is 12.5. The van der Waals surface area contributed by atoms with E-state index in [2.05, 4.69) is 4.99 Å². The molecule has 2 aromatic carbocycles. The van der Waals surface area contributed by atoms with E-state index >= 15 is 0 Å². The molecule has 0 radical (unpaired) electrons. The van der Waals surface area contributed by atoms with Crippen molar-refractivity contribution in [3.63, 3.8) is 0 Å². The van der Waals surface area contributed by atoms with Gasteiger partial charge in [-0.15, -0.1) is 0 Å². The number of fused-ring (bicyclic) bond motifs is 1. The Morgan fingerprint density at radius 1 is 1.27 bits per heavy atom. The van der Waals surface area contributed by atoms with Crippen LogP contribution >= 0.6 is 11.6 Å². The Hall–Kier alpha value is -2.86. The van der Waals surface area contributed by atoms with Crippen LogP contribution in [0.3, 0.4) is 0 Å². The summed E-state index contributed by atoms with van der Waals surface area (Å²) in [5, 5.41) is 20.2. The third-order valence-electron chi connectivity index (χ3n) is 4.16. The minimum atomic E-state index is -0.879. The van der Waals surface area contributed by atoms with E-state index in [1.807, 2.05) is 30.3 Å². The molecule has 6 nitrogen and oxygen atoms in total. The summed E-state index contributed by atoms with van der Waals surface area (Å²) in [5.74, 6) is -0.307. The molecule has 0 unspecified atom stereocenters. The molecule has 7 heteroatoms. The van der Waals surface area contributed by atoms with E-state index in [0.717, 1.165) is 10.3 Å². The first-order valence-electron chi connectivity index (χ1n) is 8.15. The number of hydrogen-bond acceptors (Lipinski definition) is 4. The van der Waals surface area contributed by atoms with Gasteiger partial charge < -0.3 is 10.0 Å². The van der Waals surface area contributed by atoms with Gasteiger partial charge in [0.1, 0.15) is 0 Å². The Balaban J connectivity index is 2.09. The third kappa shape index (κ3) is 3.86. The zero-order valence-corrected chi connectivity index (χ0v) is 15.0. The highest BCUT2D eigenvalue weighted by Gasteiger charge is 2.29. The zero-order valence-electron chi connectivity index (χ0n) is 14.3. The normalized spacial score (nSPS) is 13.7. The summed E-state index contributed by atoms with van der Waals surface area (Å²) in [5.41, 5.74) is 2.83. The van der Waals surface area contributed by atoms with Gasteiger partial charge in [-0.3, -0.25) is 10.0 Å². The summed E-state index contributed by atoms with van der Waals surface area (Å²) in [6.45, 7) is 0.429. The van der Waals surface area contributed by atoms with Crippen molar-refractivity contribution in [1.29, 1.82) is 0 Å². The number of nitrogens with zero attached hydrogens (tertiary/aromatic N) is 3. The van der Waals surface area contributed by atoms with Crippen molar-refractivity contribution >= 4 is 34.8 Å². The highest BCUT2D eigenvalue weighted by atomic mass is 35.5. The number of rotatable bonds is 4. The molecule has 0 fully saturated rings. The number of hydroxylamine groups is 1. The number of benzene rings is 2. The lowest BCUT2D eigenvalue weighted by atomic mass is 10.0. The number of hydrogen-bond donors (Lipinski definition) is 2. The van der Waals surface area contributed by atoms with Gasteiger partial charge in [0.25, 0.3) is 5.71 Å². The van der Waals surface area contributed by atoms with Gasteiger partial charge in [-0.05, 0) is 35.1 Å². The van der Waals surface area contributed by atoms with Gasteiger partial charge in [0.2, 0.25) is 6.54 Å². The van der Waals surface area contributed by atoms with Crippen LogP contribution in [0, 0.1) is 0 Å². The van der Waals surface area contributed by atoms with E-state index < -0.39 is 5.97 Å². The van der Waals surface area contributed by atoms with Gasteiger partial charge >= 0.3 is 5.97 Å². The summed E-state index contributed by atoms with van der Waals surface area (Å²) in [7, 11) is 1.76. The number of aliphatic imine (C=N–C) groups is 1. The lowest BCUT2D eigenvalue weighted by molar-refractivity contribution is -0.764. The molecule has 0 amide bonds. The van der Waals surface area contributed by atoms with Crippen molar-refractivity contribution in [3.8, 4) is 0 Å². The predicted octanol–water partition coefficient (Wildman–Crippen LogP) is 3.03. The monoisotopic (exact) mass is 372 g/mol. The van der Waals surface area contributed by atoms with E-state index in [4.69, 9.17) is 16.7 Å². The van der Waals surface area contributed by atoms with Gasteiger partial charge in [-0.25, -0.2) is 4.99 Å². The van der Waals surface area contributed by atoms with Crippen molar-refractivity contribution in [2.75, 3.05) is 20.1 Å². The third-order valence-corrected chi connectivity index (χ3v) is 4.40. The molecule has 26 heavy (non-hydrogen) atoms. The average Bonchev–Trinajstić information content (AvgIpc) is 2.76. The van der Waals surface area contributed by atoms with Gasteiger partial charge in [-0.1, -0.05) is 29.8 Å². The highest BCUT2D eigenvalue weighted by molar-refractivity contribution is 6.31. The second-order valence-corrected chi connectivity index (χ2v) is 6.46. The maximum Gasteiger partial charge on any atom is 0.305 e. The Labute approximate surface area is 156 Å². The van der Waals surface area contributed by atoms with Crippen LogP contribution in [-0.2, 0) is 4.79 Å². The number of halogens is 1. The molecule has 2 aromatic rings. The van der Waals surface area contributed by atoms with Crippen molar-refractivity contribution in [3.05, 3.63) is 64.7 Å². The van der Waals surface area contributed by atoms with E-state index in [1.54, 1.807) is 30.1 Å². The smallest absolute Gasteiger partial charge is 0.305 e. The van der Waals surface area contributed by atoms with Crippen molar-refractivity contribution < 1.29 is 19.8 Å². The number of amidine groups is 1. The summed E-state index contributed by atoms with van der Waals surface area (Å²) < 4.78 is 1.13. The lowest BCUT2D eigenvalue weighted by Crippen LogP contribution is -2.36. The average molecular weight is 373 g/mol. The number of carboxylic acids is 1. The molecule has 0 saturated heterocycles. The van der Waals surface area contributed by atoms with Crippen LogP contribution in [0.4, 0.5) is 5.69 Å². The molecule has 1 heterocycles. The highest BCUT2D eigenvalue weighted by Crippen LogP contribution is 2.28. The maximum atomic E-state index is 10.8. The van der Waals surface area contributed by atoms with E-state index in [-0.39, 0.29) is 13.0 Å². The molecule has 0 atom stereocenters. The molecule has 2 N–H and O–H groups in total. The quantitative estimate of drug-likeness (QED) is 0.639. The Morgan fingerprint density at radius 3 is 2.69 bits per heavy atom. The van der Waals surface area contributed by atoms with Crippen LogP contribution in [0.1, 0.15) is 17.5 Å². The predicted molar refractivity (Wildman–Crippen MR) is 100.0 cm³/mol. The molecular weight excluding hydrogens is 354 g/mol. The van der Waals surface area contributed by atoms with Gasteiger partial charge in [0.15, 0.2) is 5.84 Å². The van der Waals surface area contributed by atoms with Crippen molar-refractivity contribution in [1.82, 2.24) is 4.90 Å². The molecule has 0 spiro atoms. The lowest BCUT2D eigenvalue weighted by Gasteiger charge is -2.17. The Kier molecular flexibility index (Phi) is 5.23. The number of likely N-dealkylation sites (N-methyl/N-ethyl adjacent to an activating group) is 1. The molecule has 1 aliphatic rings. The molecule has 0 aromatic heterocycles. The number of aliphatic carboxylic acids is 1. The zero-order chi connectivity index (χ0) is 18.7. The van der Waals surface area contributed by atoms with Crippen LogP contribution in [0.25, 0.3) is 0 Å². The topological polar surface area (TPSA) is 76.1 Å². The van der Waals surface area contributed by atoms with Gasteiger partial charge in [-0.2, -0.15) is 0 Å². The Bertz CT molecular complexity index is 894. The van der Waals surface area contributed by atoms with Crippen LogP contribution in [0.5, 0.6) is 0 Å². The van der Waals surface area contributed by atoms with Crippen LogP contribution in [-0.4, -0.2) is 57.6 Å². The minimum absolute atomic E-state index is 0.0102. The summed E-state index contributed by atoms with van der Waals surface area (Å²) >= 11 is 6.18. The molecule has 0 aliphatic carbocycles. The van der Waals surface area contributed by atoms with Crippen molar-refractivity contribution in [2.24, 2.45) is 4.99 Å². The number of carbonyl (C=O) groups is 1. The van der Waals surface area contributed by atoms with E-state index in [9.17, 15) is 10.0 Å². The van der Waals surface area contributed by atoms with Crippen LogP contribution < -0.4 is 0 Å². The summed E-state index contributed by atoms with van der Waals surface area (Å²) in [6.07, 6.45) is -0.0102. The number of carboxylic acid groups (broad SMARTS) is 1. The summed E-state index contributed by atoms with van der Waals surface area (Å²) in [4.78, 5) is 17.2. The first-order valence-corrected chi connectivity index (χ1v) is 8.52. The fraction of sp³-hybridized carbons (Fsp3) is 0.211.